The lowest BCUT2D eigenvalue weighted by Crippen LogP contribution is -2.37. The lowest BCUT2D eigenvalue weighted by atomic mass is 9.95. The van der Waals surface area contributed by atoms with Gasteiger partial charge in [-0.05, 0) is 43.9 Å². The van der Waals surface area contributed by atoms with Crippen molar-refractivity contribution in [1.82, 2.24) is 5.32 Å². The van der Waals surface area contributed by atoms with E-state index in [0.717, 1.165) is 31.7 Å². The third-order valence-corrected chi connectivity index (χ3v) is 4.80. The summed E-state index contributed by atoms with van der Waals surface area (Å²) in [5.41, 5.74) is -0.631. The molecule has 7 heteroatoms. The van der Waals surface area contributed by atoms with Crippen LogP contribution in [0.15, 0.2) is 29.2 Å². The first-order valence-corrected chi connectivity index (χ1v) is 7.56. The smallest absolute Gasteiger partial charge is 0.416 e. The zero-order chi connectivity index (χ0) is 15.5. The number of thioether (sulfide) groups is 1. The van der Waals surface area contributed by atoms with Crippen LogP contribution < -0.4 is 5.32 Å². The van der Waals surface area contributed by atoms with Gasteiger partial charge in [0.15, 0.2) is 0 Å². The first kappa shape index (κ1) is 16.0. The predicted molar refractivity (Wildman–Crippen MR) is 74.5 cm³/mol. The lowest BCUT2D eigenvalue weighted by Gasteiger charge is -2.28. The molecular weight excluding hydrogens is 303 g/mol. The molecule has 3 nitrogen and oxygen atoms in total. The predicted octanol–water partition coefficient (Wildman–Crippen LogP) is 4.38. The number of alkyl halides is 3. The number of carboxylic acid groups (broad SMARTS) is 1. The molecule has 116 valence electrons. The van der Waals surface area contributed by atoms with Crippen molar-refractivity contribution in [2.75, 3.05) is 0 Å². The molecule has 0 atom stereocenters. The molecule has 21 heavy (non-hydrogen) atoms. The molecule has 2 rings (SSSR count). The molecule has 1 aliphatic carbocycles. The molecule has 0 saturated heterocycles. The maximum Gasteiger partial charge on any atom is 0.416 e. The summed E-state index contributed by atoms with van der Waals surface area (Å²) >= 11 is 1.44. The van der Waals surface area contributed by atoms with Crippen LogP contribution in [0.2, 0.25) is 0 Å². The zero-order valence-electron chi connectivity index (χ0n) is 11.2. The van der Waals surface area contributed by atoms with Gasteiger partial charge in [0.2, 0.25) is 0 Å². The fourth-order valence-electron chi connectivity index (χ4n) is 2.44. The van der Waals surface area contributed by atoms with Crippen LogP contribution in [0, 0.1) is 0 Å². The van der Waals surface area contributed by atoms with Crippen LogP contribution in [0.5, 0.6) is 0 Å². The second kappa shape index (κ2) is 6.60. The van der Waals surface area contributed by atoms with Gasteiger partial charge in [-0.15, -0.1) is 11.8 Å². The van der Waals surface area contributed by atoms with E-state index < -0.39 is 17.8 Å². The fourth-order valence-corrected chi connectivity index (χ4v) is 3.68. The van der Waals surface area contributed by atoms with Crippen LogP contribution in [-0.4, -0.2) is 22.5 Å². The summed E-state index contributed by atoms with van der Waals surface area (Å²) in [6.45, 7) is 0. The van der Waals surface area contributed by atoms with Crippen molar-refractivity contribution >= 4 is 17.9 Å². The van der Waals surface area contributed by atoms with Gasteiger partial charge in [0.25, 0.3) is 0 Å². The third kappa shape index (κ3) is 4.84. The standard InChI is InChI=1S/C14H16F3NO2S/c15-14(16,17)9-2-1-3-12(8-9)21-11-6-4-10(5-7-11)18-13(19)20/h1-3,8,10-11,18H,4-7H2,(H,19,20)/t10-,11-. The van der Waals surface area contributed by atoms with Crippen LogP contribution in [0.4, 0.5) is 18.0 Å². The summed E-state index contributed by atoms with van der Waals surface area (Å²) in [6, 6.07) is 5.30. The van der Waals surface area contributed by atoms with E-state index in [0.29, 0.717) is 4.90 Å². The molecule has 0 unspecified atom stereocenters. The maximum absolute atomic E-state index is 12.6. The van der Waals surface area contributed by atoms with Gasteiger partial charge in [-0.1, -0.05) is 6.07 Å². The molecule has 1 aromatic rings. The molecule has 0 bridgehead atoms. The first-order chi connectivity index (χ1) is 9.84. The Kier molecular flexibility index (Phi) is 5.03. The number of rotatable bonds is 3. The van der Waals surface area contributed by atoms with Crippen molar-refractivity contribution in [3.8, 4) is 0 Å². The minimum atomic E-state index is -4.32. The van der Waals surface area contributed by atoms with Crippen LogP contribution >= 0.6 is 11.8 Å². The first-order valence-electron chi connectivity index (χ1n) is 6.68. The lowest BCUT2D eigenvalue weighted by molar-refractivity contribution is -0.137. The van der Waals surface area contributed by atoms with Crippen molar-refractivity contribution in [3.63, 3.8) is 0 Å². The summed E-state index contributed by atoms with van der Waals surface area (Å²) in [6.07, 6.45) is -2.30. The maximum atomic E-state index is 12.6. The Balaban J connectivity index is 1.90. The molecule has 1 aromatic carbocycles. The van der Waals surface area contributed by atoms with E-state index in [4.69, 9.17) is 5.11 Å². The van der Waals surface area contributed by atoms with Crippen molar-refractivity contribution in [1.29, 1.82) is 0 Å². The Morgan fingerprint density at radius 3 is 2.48 bits per heavy atom. The Morgan fingerprint density at radius 2 is 1.90 bits per heavy atom. The Labute approximate surface area is 124 Å². The van der Waals surface area contributed by atoms with Crippen molar-refractivity contribution in [3.05, 3.63) is 29.8 Å². The van der Waals surface area contributed by atoms with Crippen LogP contribution in [0.25, 0.3) is 0 Å². The average Bonchev–Trinajstić information content (AvgIpc) is 2.40. The monoisotopic (exact) mass is 319 g/mol. The Bertz CT molecular complexity index is 499. The van der Waals surface area contributed by atoms with Crippen molar-refractivity contribution < 1.29 is 23.1 Å². The summed E-state index contributed by atoms with van der Waals surface area (Å²) in [7, 11) is 0. The third-order valence-electron chi connectivity index (χ3n) is 3.47. The molecule has 1 amide bonds. The summed E-state index contributed by atoms with van der Waals surface area (Å²) in [4.78, 5) is 11.2. The van der Waals surface area contributed by atoms with E-state index in [1.807, 2.05) is 0 Å². The normalized spacial score (nSPS) is 22.8. The highest BCUT2D eigenvalue weighted by Gasteiger charge is 2.31. The summed E-state index contributed by atoms with van der Waals surface area (Å²) in [5, 5.41) is 11.3. The zero-order valence-corrected chi connectivity index (χ0v) is 12.0. The second-order valence-corrected chi connectivity index (χ2v) is 6.44. The number of nitrogens with one attached hydrogen (secondary N) is 1. The number of amides is 1. The van der Waals surface area contributed by atoms with Gasteiger partial charge in [-0.3, -0.25) is 0 Å². The minimum absolute atomic E-state index is 0.0409. The van der Waals surface area contributed by atoms with Crippen LogP contribution in [0.1, 0.15) is 31.2 Å². The number of benzene rings is 1. The molecule has 1 saturated carbocycles. The molecule has 1 aliphatic rings. The van der Waals surface area contributed by atoms with Gasteiger partial charge in [0.05, 0.1) is 5.56 Å². The molecule has 0 heterocycles. The Hall–Kier alpha value is -1.37. The van der Waals surface area contributed by atoms with Crippen molar-refractivity contribution in [2.24, 2.45) is 0 Å². The van der Waals surface area contributed by atoms with Gasteiger partial charge in [-0.25, -0.2) is 4.79 Å². The highest BCUT2D eigenvalue weighted by Crippen LogP contribution is 2.36. The number of hydrogen-bond acceptors (Lipinski definition) is 2. The van der Waals surface area contributed by atoms with Crippen LogP contribution in [-0.2, 0) is 6.18 Å². The van der Waals surface area contributed by atoms with E-state index in [2.05, 4.69) is 5.32 Å². The van der Waals surface area contributed by atoms with E-state index >= 15 is 0 Å². The van der Waals surface area contributed by atoms with Crippen LogP contribution in [0.3, 0.4) is 0 Å². The van der Waals surface area contributed by atoms with E-state index in [1.165, 1.54) is 23.9 Å². The SMILES string of the molecule is O=C(O)N[C@H]1CC[C@H](Sc2cccc(C(F)(F)F)c2)CC1. The highest BCUT2D eigenvalue weighted by molar-refractivity contribution is 8.00. The topological polar surface area (TPSA) is 49.3 Å². The van der Waals surface area contributed by atoms with Gasteiger partial charge in [-0.2, -0.15) is 13.2 Å². The molecule has 0 aromatic heterocycles. The van der Waals surface area contributed by atoms with E-state index in [1.54, 1.807) is 6.07 Å². The van der Waals surface area contributed by atoms with Gasteiger partial charge in [0.1, 0.15) is 0 Å². The molecule has 0 aliphatic heterocycles. The number of halogens is 3. The highest BCUT2D eigenvalue weighted by atomic mass is 32.2. The van der Waals surface area contributed by atoms with Gasteiger partial charge >= 0.3 is 12.3 Å². The van der Waals surface area contributed by atoms with E-state index in [9.17, 15) is 18.0 Å². The fraction of sp³-hybridized carbons (Fsp3) is 0.500. The summed E-state index contributed by atoms with van der Waals surface area (Å²) in [5.74, 6) is 0. The molecular formula is C14H16F3NO2S. The van der Waals surface area contributed by atoms with E-state index in [-0.39, 0.29) is 11.3 Å². The minimum Gasteiger partial charge on any atom is -0.465 e. The number of carbonyl (C=O) groups is 1. The molecule has 2 N–H and O–H groups in total. The quantitative estimate of drug-likeness (QED) is 0.869. The van der Waals surface area contributed by atoms with Gasteiger partial charge in [0, 0.05) is 16.2 Å². The molecule has 0 radical (unpaired) electrons. The van der Waals surface area contributed by atoms with Gasteiger partial charge < -0.3 is 10.4 Å². The second-order valence-electron chi connectivity index (χ2n) is 5.07. The van der Waals surface area contributed by atoms with Crippen molar-refractivity contribution in [2.45, 2.75) is 48.0 Å². The largest absolute Gasteiger partial charge is 0.465 e. The molecule has 1 fully saturated rings. The average molecular weight is 319 g/mol. The summed E-state index contributed by atoms with van der Waals surface area (Å²) < 4.78 is 37.9. The Morgan fingerprint density at radius 1 is 1.24 bits per heavy atom. The molecule has 0 spiro atoms. The number of hydrogen-bond donors (Lipinski definition) is 2.